The van der Waals surface area contributed by atoms with E-state index in [4.69, 9.17) is 0 Å². The Labute approximate surface area is 101 Å². The zero-order valence-electron chi connectivity index (χ0n) is 10.4. The van der Waals surface area contributed by atoms with Crippen LogP contribution in [0.3, 0.4) is 0 Å². The molecule has 86 valence electrons. The lowest BCUT2D eigenvalue weighted by Crippen LogP contribution is -1.90. The highest BCUT2D eigenvalue weighted by atomic mass is 31.1. The van der Waals surface area contributed by atoms with Gasteiger partial charge in [0.1, 0.15) is 0 Å². The van der Waals surface area contributed by atoms with Crippen LogP contribution in [0.25, 0.3) is 0 Å². The van der Waals surface area contributed by atoms with E-state index in [1.54, 1.807) is 16.5 Å². The molecule has 0 aromatic rings. The first-order valence-corrected chi connectivity index (χ1v) is 7.52. The van der Waals surface area contributed by atoms with Gasteiger partial charge in [-0.3, -0.25) is 0 Å². The molecule has 0 amide bonds. The molecule has 0 fully saturated rings. The Morgan fingerprint density at radius 1 is 1.00 bits per heavy atom. The van der Waals surface area contributed by atoms with Gasteiger partial charge in [0.05, 0.1) is 0 Å². The Morgan fingerprint density at radius 2 is 1.75 bits per heavy atom. The molecular weight excluding hydrogens is 211 g/mol. The van der Waals surface area contributed by atoms with Crippen LogP contribution in [0.5, 0.6) is 0 Å². The van der Waals surface area contributed by atoms with Crippen molar-refractivity contribution < 1.29 is 0 Å². The van der Waals surface area contributed by atoms with Gasteiger partial charge >= 0.3 is 0 Å². The molecule has 0 spiro atoms. The third-order valence-corrected chi connectivity index (χ3v) is 4.45. The molecule has 1 aliphatic heterocycles. The summed E-state index contributed by atoms with van der Waals surface area (Å²) < 4.78 is 0. The zero-order valence-corrected chi connectivity index (χ0v) is 11.3. The van der Waals surface area contributed by atoms with Crippen LogP contribution < -0.4 is 0 Å². The maximum atomic E-state index is 2.38. The summed E-state index contributed by atoms with van der Waals surface area (Å²) in [5, 5.41) is 1.67. The summed E-state index contributed by atoms with van der Waals surface area (Å²) >= 11 is 0. The van der Waals surface area contributed by atoms with Crippen molar-refractivity contribution in [3.8, 4) is 0 Å². The molecule has 0 nitrogen and oxygen atoms in total. The third-order valence-electron chi connectivity index (χ3n) is 3.29. The molecule has 2 rings (SSSR count). The number of allylic oxidation sites excluding steroid dienone is 6. The van der Waals surface area contributed by atoms with Crippen molar-refractivity contribution in [2.45, 2.75) is 52.4 Å². The summed E-state index contributed by atoms with van der Waals surface area (Å²) in [6, 6.07) is 0. The Kier molecular flexibility index (Phi) is 4.18. The summed E-state index contributed by atoms with van der Waals surface area (Å²) in [6.45, 7) is 4.55. The van der Waals surface area contributed by atoms with E-state index in [1.807, 2.05) is 0 Å². The van der Waals surface area contributed by atoms with Crippen molar-refractivity contribution in [2.24, 2.45) is 0 Å². The van der Waals surface area contributed by atoms with Crippen LogP contribution in [-0.4, -0.2) is 5.80 Å². The van der Waals surface area contributed by atoms with Gasteiger partial charge in [-0.15, -0.1) is 0 Å². The second-order valence-corrected chi connectivity index (χ2v) is 5.66. The smallest absolute Gasteiger partial charge is 0.00706 e. The monoisotopic (exact) mass is 232 g/mol. The summed E-state index contributed by atoms with van der Waals surface area (Å²) in [7, 11) is 1.46. The topological polar surface area (TPSA) is 0 Å². The summed E-state index contributed by atoms with van der Waals surface area (Å²) in [6.07, 6.45) is 12.5. The minimum absolute atomic E-state index is 1.27. The maximum absolute atomic E-state index is 2.38. The fourth-order valence-corrected chi connectivity index (χ4v) is 3.52. The Hall–Kier alpha value is -0.610. The van der Waals surface area contributed by atoms with Crippen molar-refractivity contribution in [1.82, 2.24) is 0 Å². The average Bonchev–Trinajstić information content (AvgIpc) is 2.86. The number of hydrogen-bond acceptors (Lipinski definition) is 0. The molecule has 0 saturated heterocycles. The van der Waals surface area contributed by atoms with E-state index in [-0.39, 0.29) is 0 Å². The van der Waals surface area contributed by atoms with Crippen LogP contribution in [0.2, 0.25) is 0 Å². The fourth-order valence-electron chi connectivity index (χ4n) is 2.32. The van der Waals surface area contributed by atoms with Crippen molar-refractivity contribution in [3.05, 3.63) is 34.2 Å². The van der Waals surface area contributed by atoms with Crippen molar-refractivity contribution in [1.29, 1.82) is 0 Å². The van der Waals surface area contributed by atoms with E-state index in [1.165, 1.54) is 52.3 Å². The van der Waals surface area contributed by atoms with Crippen molar-refractivity contribution in [3.63, 3.8) is 0 Å². The van der Waals surface area contributed by atoms with E-state index in [0.29, 0.717) is 0 Å². The number of unbranched alkanes of at least 4 members (excludes halogenated alkanes) is 2. The standard InChI is InChI=1S/C15H21P/c1-3-5-7-12-9-10-13-11-16-14(15(12)13)8-6-4-2/h9-11H,3-8H2,1-2H3. The molecule has 0 aromatic carbocycles. The van der Waals surface area contributed by atoms with Crippen LogP contribution in [0.4, 0.5) is 0 Å². The predicted octanol–water partition coefficient (Wildman–Crippen LogP) is 5.25. The molecule has 0 aromatic heterocycles. The second kappa shape index (κ2) is 5.64. The first kappa shape index (κ1) is 11.9. The average molecular weight is 232 g/mol. The van der Waals surface area contributed by atoms with Crippen LogP contribution in [-0.2, 0) is 0 Å². The molecule has 1 heteroatoms. The maximum Gasteiger partial charge on any atom is -0.00706 e. The Morgan fingerprint density at radius 3 is 2.50 bits per heavy atom. The third kappa shape index (κ3) is 2.38. The van der Waals surface area contributed by atoms with Crippen molar-refractivity contribution in [2.75, 3.05) is 0 Å². The van der Waals surface area contributed by atoms with E-state index >= 15 is 0 Å². The fraction of sp³-hybridized carbons (Fsp3) is 0.533. The van der Waals surface area contributed by atoms with Crippen LogP contribution in [0.1, 0.15) is 52.4 Å². The molecule has 1 heterocycles. The lowest BCUT2D eigenvalue weighted by Gasteiger charge is -2.08. The Bertz CT molecular complexity index is 380. The van der Waals surface area contributed by atoms with Gasteiger partial charge in [-0.05, 0) is 53.5 Å². The van der Waals surface area contributed by atoms with Gasteiger partial charge in [0, 0.05) is 0 Å². The van der Waals surface area contributed by atoms with E-state index in [2.05, 4.69) is 31.8 Å². The highest BCUT2D eigenvalue weighted by Crippen LogP contribution is 2.42. The van der Waals surface area contributed by atoms with Gasteiger partial charge in [-0.2, -0.15) is 0 Å². The normalized spacial score (nSPS) is 18.9. The molecule has 16 heavy (non-hydrogen) atoms. The summed E-state index contributed by atoms with van der Waals surface area (Å²) in [4.78, 5) is 0. The van der Waals surface area contributed by atoms with Gasteiger partial charge in [0.25, 0.3) is 0 Å². The molecule has 1 aliphatic carbocycles. The molecule has 0 atom stereocenters. The van der Waals surface area contributed by atoms with Gasteiger partial charge in [-0.25, -0.2) is 0 Å². The quantitative estimate of drug-likeness (QED) is 0.549. The SMILES string of the molecule is CCCCC1=CC=C2C=PC(CCCC)=C21. The molecular formula is C15H21P. The highest BCUT2D eigenvalue weighted by Gasteiger charge is 2.21. The summed E-state index contributed by atoms with van der Waals surface area (Å²) in [5.41, 5.74) is 4.71. The predicted molar refractivity (Wildman–Crippen MR) is 75.2 cm³/mol. The van der Waals surface area contributed by atoms with Gasteiger partial charge in [-0.1, -0.05) is 47.0 Å². The number of rotatable bonds is 6. The van der Waals surface area contributed by atoms with Crippen LogP contribution in [0, 0.1) is 0 Å². The molecule has 0 unspecified atom stereocenters. The van der Waals surface area contributed by atoms with Gasteiger partial charge in [0.2, 0.25) is 0 Å². The molecule has 0 saturated carbocycles. The Balaban J connectivity index is 2.09. The number of hydrogen-bond donors (Lipinski definition) is 0. The van der Waals surface area contributed by atoms with Crippen LogP contribution in [0.15, 0.2) is 34.2 Å². The summed E-state index contributed by atoms with van der Waals surface area (Å²) in [5.74, 6) is 2.38. The second-order valence-electron chi connectivity index (χ2n) is 4.60. The van der Waals surface area contributed by atoms with Crippen LogP contribution >= 0.6 is 8.20 Å². The van der Waals surface area contributed by atoms with Gasteiger partial charge in [0.15, 0.2) is 0 Å². The van der Waals surface area contributed by atoms with Crippen molar-refractivity contribution >= 4 is 14.0 Å². The van der Waals surface area contributed by atoms with Gasteiger partial charge < -0.3 is 0 Å². The molecule has 0 bridgehead atoms. The lowest BCUT2D eigenvalue weighted by molar-refractivity contribution is 0.786. The molecule has 0 radical (unpaired) electrons. The minimum Gasteiger partial charge on any atom is -0.0716 e. The van der Waals surface area contributed by atoms with E-state index in [0.717, 1.165) is 0 Å². The highest BCUT2D eigenvalue weighted by molar-refractivity contribution is 7.44. The number of fused-ring (bicyclic) bond motifs is 1. The first-order valence-electron chi connectivity index (χ1n) is 6.55. The minimum atomic E-state index is 1.27. The zero-order chi connectivity index (χ0) is 11.4. The molecule has 0 N–H and O–H groups in total. The largest absolute Gasteiger partial charge is 0.0716 e. The lowest BCUT2D eigenvalue weighted by atomic mass is 9.98. The first-order chi connectivity index (χ1) is 7.86. The molecule has 2 aliphatic rings. The van der Waals surface area contributed by atoms with E-state index in [9.17, 15) is 0 Å². The van der Waals surface area contributed by atoms with E-state index < -0.39 is 0 Å².